The highest BCUT2D eigenvalue weighted by molar-refractivity contribution is 5.87. The van der Waals surface area contributed by atoms with Crippen LogP contribution in [0.4, 0.5) is 5.69 Å². The Kier molecular flexibility index (Phi) is 4.17. The van der Waals surface area contributed by atoms with Gasteiger partial charge in [0.1, 0.15) is 0 Å². The van der Waals surface area contributed by atoms with Gasteiger partial charge in [0.05, 0.1) is 10.5 Å². The standard InChI is InChI=1S/C7H5NO4.C4H9N/c9-7(10)5-1-3-6(4-2-5)8(11)12;1-3-4(2)5-3/h1-4H,(H,9,10);3-5H,1-2H3. The van der Waals surface area contributed by atoms with Gasteiger partial charge in [-0.2, -0.15) is 0 Å². The van der Waals surface area contributed by atoms with E-state index in [9.17, 15) is 14.9 Å². The third-order valence-corrected chi connectivity index (χ3v) is 2.49. The molecule has 1 aromatic rings. The number of rotatable bonds is 2. The summed E-state index contributed by atoms with van der Waals surface area (Å²) in [4.78, 5) is 19.9. The molecule has 0 aliphatic carbocycles. The van der Waals surface area contributed by atoms with Gasteiger partial charge < -0.3 is 10.4 Å². The van der Waals surface area contributed by atoms with Crippen molar-refractivity contribution in [3.8, 4) is 0 Å². The molecule has 2 unspecified atom stereocenters. The van der Waals surface area contributed by atoms with Crippen molar-refractivity contribution < 1.29 is 14.8 Å². The van der Waals surface area contributed by atoms with Crippen LogP contribution in [0.3, 0.4) is 0 Å². The molecule has 92 valence electrons. The van der Waals surface area contributed by atoms with Crippen molar-refractivity contribution in [2.75, 3.05) is 0 Å². The summed E-state index contributed by atoms with van der Waals surface area (Å²) in [5.74, 6) is -1.09. The maximum atomic E-state index is 10.3. The molecule has 2 atom stereocenters. The van der Waals surface area contributed by atoms with Gasteiger partial charge >= 0.3 is 5.97 Å². The number of carboxylic acid groups (broad SMARTS) is 1. The number of nitrogens with one attached hydrogen (secondary N) is 1. The molecule has 0 radical (unpaired) electrons. The van der Waals surface area contributed by atoms with E-state index in [-0.39, 0.29) is 11.3 Å². The van der Waals surface area contributed by atoms with E-state index in [4.69, 9.17) is 5.11 Å². The molecule has 0 bridgehead atoms. The fraction of sp³-hybridized carbons (Fsp3) is 0.364. The van der Waals surface area contributed by atoms with Gasteiger partial charge in [-0.25, -0.2) is 4.79 Å². The highest BCUT2D eigenvalue weighted by atomic mass is 16.6. The van der Waals surface area contributed by atoms with Crippen LogP contribution in [-0.4, -0.2) is 28.1 Å². The maximum absolute atomic E-state index is 10.3. The van der Waals surface area contributed by atoms with E-state index >= 15 is 0 Å². The third-order valence-electron chi connectivity index (χ3n) is 2.49. The molecule has 6 heteroatoms. The maximum Gasteiger partial charge on any atom is 0.335 e. The Hall–Kier alpha value is -1.95. The Balaban J connectivity index is 0.000000239. The van der Waals surface area contributed by atoms with E-state index in [1.54, 1.807) is 0 Å². The Morgan fingerprint density at radius 3 is 1.94 bits per heavy atom. The number of non-ortho nitro benzene ring substituents is 1. The van der Waals surface area contributed by atoms with E-state index < -0.39 is 10.9 Å². The Morgan fingerprint density at radius 1 is 1.29 bits per heavy atom. The first-order valence-electron chi connectivity index (χ1n) is 5.15. The molecule has 1 aromatic carbocycles. The van der Waals surface area contributed by atoms with Crippen molar-refractivity contribution in [1.82, 2.24) is 5.32 Å². The highest BCUT2D eigenvalue weighted by Gasteiger charge is 2.24. The highest BCUT2D eigenvalue weighted by Crippen LogP contribution is 2.11. The second-order valence-electron chi connectivity index (χ2n) is 3.85. The van der Waals surface area contributed by atoms with Crippen molar-refractivity contribution in [1.29, 1.82) is 0 Å². The van der Waals surface area contributed by atoms with E-state index in [1.165, 1.54) is 12.1 Å². The summed E-state index contributed by atoms with van der Waals surface area (Å²) in [6, 6.07) is 6.30. The molecule has 6 nitrogen and oxygen atoms in total. The molecular weight excluding hydrogens is 224 g/mol. The van der Waals surface area contributed by atoms with Gasteiger partial charge in [0, 0.05) is 24.2 Å². The fourth-order valence-corrected chi connectivity index (χ4v) is 1.08. The monoisotopic (exact) mass is 238 g/mol. The first kappa shape index (κ1) is 13.1. The van der Waals surface area contributed by atoms with Crippen LogP contribution in [-0.2, 0) is 0 Å². The average molecular weight is 238 g/mol. The smallest absolute Gasteiger partial charge is 0.335 e. The number of hydrogen-bond donors (Lipinski definition) is 2. The van der Waals surface area contributed by atoms with E-state index in [1.807, 2.05) is 0 Å². The number of benzene rings is 1. The van der Waals surface area contributed by atoms with E-state index in [0.29, 0.717) is 0 Å². The zero-order valence-electron chi connectivity index (χ0n) is 9.58. The lowest BCUT2D eigenvalue weighted by Gasteiger charge is -1.92. The molecule has 1 fully saturated rings. The van der Waals surface area contributed by atoms with Gasteiger partial charge in [-0.1, -0.05) is 0 Å². The minimum absolute atomic E-state index is 0.0422. The second kappa shape index (κ2) is 5.40. The minimum atomic E-state index is -1.09. The van der Waals surface area contributed by atoms with Crippen LogP contribution in [0.15, 0.2) is 24.3 Å². The van der Waals surface area contributed by atoms with E-state index in [0.717, 1.165) is 24.2 Å². The number of nitro benzene ring substituents is 1. The molecule has 0 spiro atoms. The number of carboxylic acids is 1. The quantitative estimate of drug-likeness (QED) is 0.463. The lowest BCUT2D eigenvalue weighted by Crippen LogP contribution is -1.96. The van der Waals surface area contributed by atoms with Crippen molar-refractivity contribution in [2.24, 2.45) is 0 Å². The number of aromatic carboxylic acids is 1. The van der Waals surface area contributed by atoms with Gasteiger partial charge in [-0.15, -0.1) is 0 Å². The van der Waals surface area contributed by atoms with Crippen molar-refractivity contribution >= 4 is 11.7 Å². The predicted molar refractivity (Wildman–Crippen MR) is 62.1 cm³/mol. The minimum Gasteiger partial charge on any atom is -0.478 e. The van der Waals surface area contributed by atoms with Gasteiger partial charge in [0.15, 0.2) is 0 Å². The van der Waals surface area contributed by atoms with Gasteiger partial charge in [-0.3, -0.25) is 10.1 Å². The summed E-state index contributed by atoms with van der Waals surface area (Å²) in [5, 5.41) is 21.8. The molecule has 2 N–H and O–H groups in total. The number of nitro groups is 1. The zero-order chi connectivity index (χ0) is 13.0. The fourth-order valence-electron chi connectivity index (χ4n) is 1.08. The number of hydrogen-bond acceptors (Lipinski definition) is 4. The van der Waals surface area contributed by atoms with Crippen LogP contribution >= 0.6 is 0 Å². The second-order valence-corrected chi connectivity index (χ2v) is 3.85. The largest absolute Gasteiger partial charge is 0.478 e. The number of nitrogens with zero attached hydrogens (tertiary/aromatic N) is 1. The topological polar surface area (TPSA) is 102 Å². The molecule has 1 saturated heterocycles. The van der Waals surface area contributed by atoms with Gasteiger partial charge in [0.2, 0.25) is 0 Å². The molecule has 0 amide bonds. The Labute approximate surface area is 98.4 Å². The predicted octanol–water partition coefficient (Wildman–Crippen LogP) is 1.66. The van der Waals surface area contributed by atoms with Crippen LogP contribution in [0.1, 0.15) is 24.2 Å². The average Bonchev–Trinajstić information content (AvgIpc) is 2.93. The van der Waals surface area contributed by atoms with Crippen LogP contribution in [0.25, 0.3) is 0 Å². The lowest BCUT2D eigenvalue weighted by atomic mass is 10.2. The summed E-state index contributed by atoms with van der Waals surface area (Å²) in [6.07, 6.45) is 0. The summed E-state index contributed by atoms with van der Waals surface area (Å²) < 4.78 is 0. The van der Waals surface area contributed by atoms with Crippen LogP contribution < -0.4 is 5.32 Å². The van der Waals surface area contributed by atoms with Crippen LogP contribution in [0, 0.1) is 10.1 Å². The molecule has 1 aliphatic rings. The SMILES string of the molecule is CC1NC1C.O=C(O)c1ccc([N+](=O)[O-])cc1. The number of carbonyl (C=O) groups is 1. The van der Waals surface area contributed by atoms with Crippen LogP contribution in [0.5, 0.6) is 0 Å². The van der Waals surface area contributed by atoms with Crippen molar-refractivity contribution in [2.45, 2.75) is 25.9 Å². The van der Waals surface area contributed by atoms with Gasteiger partial charge in [-0.05, 0) is 26.0 Å². The molecule has 0 saturated carbocycles. The lowest BCUT2D eigenvalue weighted by molar-refractivity contribution is -0.384. The van der Waals surface area contributed by atoms with Gasteiger partial charge in [0.25, 0.3) is 5.69 Å². The molecule has 0 aromatic heterocycles. The van der Waals surface area contributed by atoms with Crippen molar-refractivity contribution in [3.63, 3.8) is 0 Å². The summed E-state index contributed by atoms with van der Waals surface area (Å²) in [6.45, 7) is 4.37. The first-order chi connectivity index (χ1) is 7.91. The zero-order valence-corrected chi connectivity index (χ0v) is 9.58. The Morgan fingerprint density at radius 2 is 1.71 bits per heavy atom. The summed E-state index contributed by atoms with van der Waals surface area (Å²) in [5.41, 5.74) is -0.0689. The first-order valence-corrected chi connectivity index (χ1v) is 5.15. The Bertz CT molecular complexity index is 377. The molecule has 17 heavy (non-hydrogen) atoms. The van der Waals surface area contributed by atoms with Crippen LogP contribution in [0.2, 0.25) is 0 Å². The molecule has 1 aliphatic heterocycles. The molecular formula is C11H14N2O4. The summed E-state index contributed by atoms with van der Waals surface area (Å²) >= 11 is 0. The normalized spacial score (nSPS) is 21.1. The van der Waals surface area contributed by atoms with E-state index in [2.05, 4.69) is 19.2 Å². The molecule has 2 rings (SSSR count). The summed E-state index contributed by atoms with van der Waals surface area (Å²) in [7, 11) is 0. The van der Waals surface area contributed by atoms with Crippen molar-refractivity contribution in [3.05, 3.63) is 39.9 Å². The third kappa shape index (κ3) is 4.20. The molecule has 1 heterocycles.